The summed E-state index contributed by atoms with van der Waals surface area (Å²) < 4.78 is 5.15. The fraction of sp³-hybridized carbons (Fsp3) is 0.526. The lowest BCUT2D eigenvalue weighted by atomic mass is 9.94. The lowest BCUT2D eigenvalue weighted by Crippen LogP contribution is -2.42. The van der Waals surface area contributed by atoms with Crippen molar-refractivity contribution in [1.82, 2.24) is 10.2 Å². The summed E-state index contributed by atoms with van der Waals surface area (Å²) in [5.41, 5.74) is 0.392. The van der Waals surface area contributed by atoms with Gasteiger partial charge < -0.3 is 15.0 Å². The number of Topliss-reactive ketones (excluding diaryl/α,β-unsaturated/α-hetero) is 1. The number of amides is 2. The molecule has 1 aliphatic rings. The molecular formula is C19H26N2O4. The largest absolute Gasteiger partial charge is 0.444 e. The van der Waals surface area contributed by atoms with Crippen LogP contribution in [0.4, 0.5) is 4.79 Å². The molecule has 1 aromatic carbocycles. The first-order valence-electron chi connectivity index (χ1n) is 8.59. The van der Waals surface area contributed by atoms with Gasteiger partial charge in [-0.2, -0.15) is 0 Å². The number of nitrogens with zero attached hydrogens (tertiary/aromatic N) is 1. The lowest BCUT2D eigenvalue weighted by Gasteiger charge is -2.35. The van der Waals surface area contributed by atoms with Gasteiger partial charge in [-0.3, -0.25) is 9.59 Å². The number of nitrogens with one attached hydrogen (secondary N) is 1. The van der Waals surface area contributed by atoms with Gasteiger partial charge in [0.05, 0.1) is 6.04 Å². The third kappa shape index (κ3) is 5.89. The maximum Gasteiger partial charge on any atom is 0.407 e. The zero-order valence-corrected chi connectivity index (χ0v) is 15.1. The molecule has 0 aromatic heterocycles. The second kappa shape index (κ2) is 8.14. The van der Waals surface area contributed by atoms with Gasteiger partial charge in [-0.05, 0) is 26.3 Å². The van der Waals surface area contributed by atoms with Crippen LogP contribution in [0, 0.1) is 0 Å². The molecule has 1 atom stereocenters. The van der Waals surface area contributed by atoms with E-state index in [0.717, 1.165) is 5.56 Å². The van der Waals surface area contributed by atoms with Crippen molar-refractivity contribution in [2.75, 3.05) is 13.1 Å². The number of likely N-dealkylation sites (tertiary alicyclic amines) is 1. The van der Waals surface area contributed by atoms with Crippen LogP contribution in [-0.2, 0) is 14.3 Å². The van der Waals surface area contributed by atoms with Gasteiger partial charge >= 0.3 is 6.09 Å². The van der Waals surface area contributed by atoms with Gasteiger partial charge in [-0.1, -0.05) is 30.3 Å². The first kappa shape index (κ1) is 19.0. The Hall–Kier alpha value is -2.37. The fourth-order valence-corrected chi connectivity index (χ4v) is 2.83. The summed E-state index contributed by atoms with van der Waals surface area (Å²) in [6, 6.07) is 9.36. The Labute approximate surface area is 148 Å². The third-order valence-electron chi connectivity index (χ3n) is 3.94. The number of rotatable bonds is 4. The van der Waals surface area contributed by atoms with Crippen LogP contribution in [0.15, 0.2) is 30.3 Å². The van der Waals surface area contributed by atoms with E-state index in [1.165, 1.54) is 0 Å². The second-order valence-electron chi connectivity index (χ2n) is 7.19. The molecule has 25 heavy (non-hydrogen) atoms. The van der Waals surface area contributed by atoms with Crippen LogP contribution in [0.3, 0.4) is 0 Å². The quantitative estimate of drug-likeness (QED) is 0.909. The maximum atomic E-state index is 12.6. The van der Waals surface area contributed by atoms with E-state index in [9.17, 15) is 14.4 Å². The van der Waals surface area contributed by atoms with E-state index in [1.807, 2.05) is 30.3 Å². The minimum Gasteiger partial charge on any atom is -0.444 e. The molecule has 1 aromatic rings. The van der Waals surface area contributed by atoms with Crippen LogP contribution in [0.2, 0.25) is 0 Å². The van der Waals surface area contributed by atoms with Crippen LogP contribution >= 0.6 is 0 Å². The van der Waals surface area contributed by atoms with Crippen LogP contribution in [0.1, 0.15) is 51.6 Å². The molecular weight excluding hydrogens is 320 g/mol. The van der Waals surface area contributed by atoms with Gasteiger partial charge in [0.2, 0.25) is 5.91 Å². The van der Waals surface area contributed by atoms with Gasteiger partial charge in [0.1, 0.15) is 11.4 Å². The minimum absolute atomic E-state index is 0.0718. The minimum atomic E-state index is -0.570. The molecule has 0 bridgehead atoms. The van der Waals surface area contributed by atoms with Crippen molar-refractivity contribution in [3.63, 3.8) is 0 Å². The summed E-state index contributed by atoms with van der Waals surface area (Å²) in [6.45, 7) is 5.98. The molecule has 1 heterocycles. The van der Waals surface area contributed by atoms with Crippen molar-refractivity contribution in [3.8, 4) is 0 Å². The molecule has 1 saturated heterocycles. The first-order chi connectivity index (χ1) is 11.8. The monoisotopic (exact) mass is 346 g/mol. The highest BCUT2D eigenvalue weighted by atomic mass is 16.6. The zero-order chi connectivity index (χ0) is 18.4. The van der Waals surface area contributed by atoms with E-state index in [1.54, 1.807) is 25.7 Å². The Kier molecular flexibility index (Phi) is 6.17. The Morgan fingerprint density at radius 3 is 2.56 bits per heavy atom. The molecule has 6 heteroatoms. The third-order valence-corrected chi connectivity index (χ3v) is 3.94. The summed E-state index contributed by atoms with van der Waals surface area (Å²) in [6.07, 6.45) is 0.370. The second-order valence-corrected chi connectivity index (χ2v) is 7.19. The number of ether oxygens (including phenoxy) is 1. The van der Waals surface area contributed by atoms with Gasteiger partial charge in [0, 0.05) is 32.4 Å². The highest BCUT2D eigenvalue weighted by molar-refractivity contribution is 5.84. The number of hydrogen-bond donors (Lipinski definition) is 1. The van der Waals surface area contributed by atoms with Crippen molar-refractivity contribution in [1.29, 1.82) is 0 Å². The van der Waals surface area contributed by atoms with Crippen molar-refractivity contribution >= 4 is 17.8 Å². The van der Waals surface area contributed by atoms with Gasteiger partial charge in [-0.25, -0.2) is 4.79 Å². The molecule has 6 nitrogen and oxygen atoms in total. The highest BCUT2D eigenvalue weighted by Gasteiger charge is 2.31. The molecule has 0 unspecified atom stereocenters. The van der Waals surface area contributed by atoms with E-state index >= 15 is 0 Å². The molecule has 2 rings (SSSR count). The number of carbonyl (C=O) groups excluding carboxylic acids is 3. The number of benzene rings is 1. The molecule has 1 aliphatic heterocycles. The summed E-state index contributed by atoms with van der Waals surface area (Å²) in [7, 11) is 0. The number of piperidine rings is 1. The molecule has 0 spiro atoms. The lowest BCUT2D eigenvalue weighted by molar-refractivity contribution is -0.138. The van der Waals surface area contributed by atoms with E-state index in [2.05, 4.69) is 5.32 Å². The number of hydrogen-bond acceptors (Lipinski definition) is 4. The van der Waals surface area contributed by atoms with E-state index in [-0.39, 0.29) is 30.7 Å². The van der Waals surface area contributed by atoms with Crippen LogP contribution in [0.25, 0.3) is 0 Å². The normalized spacial score (nSPS) is 18.0. The van der Waals surface area contributed by atoms with Gasteiger partial charge in [0.15, 0.2) is 0 Å². The standard InChI is InChI=1S/C19H26N2O4/c1-19(2,3)25-18(24)20-11-9-17(23)21-12-10-15(22)13-16(21)14-7-5-4-6-8-14/h4-8,16H,9-13H2,1-3H3,(H,20,24)/t16-/m0/s1. The van der Waals surface area contributed by atoms with Gasteiger partial charge in [-0.15, -0.1) is 0 Å². The van der Waals surface area contributed by atoms with Crippen molar-refractivity contribution < 1.29 is 19.1 Å². The SMILES string of the molecule is CC(C)(C)OC(=O)NCCC(=O)N1CCC(=O)C[C@H]1c1ccccc1. The maximum absolute atomic E-state index is 12.6. The molecule has 1 fully saturated rings. The number of ketones is 1. The molecule has 0 aliphatic carbocycles. The highest BCUT2D eigenvalue weighted by Crippen LogP contribution is 2.29. The average Bonchev–Trinajstić information content (AvgIpc) is 2.53. The molecule has 0 radical (unpaired) electrons. The number of carbonyl (C=O) groups is 3. The average molecular weight is 346 g/mol. The first-order valence-corrected chi connectivity index (χ1v) is 8.59. The number of alkyl carbamates (subject to hydrolysis) is 1. The summed E-state index contributed by atoms with van der Waals surface area (Å²) >= 11 is 0. The van der Waals surface area contributed by atoms with Crippen LogP contribution < -0.4 is 5.32 Å². The molecule has 136 valence electrons. The molecule has 2 amide bonds. The molecule has 0 saturated carbocycles. The van der Waals surface area contributed by atoms with Crippen molar-refractivity contribution in [2.45, 2.75) is 51.7 Å². The Morgan fingerprint density at radius 1 is 1.24 bits per heavy atom. The summed E-state index contributed by atoms with van der Waals surface area (Å²) in [5.74, 6) is 0.0993. The van der Waals surface area contributed by atoms with E-state index in [0.29, 0.717) is 19.4 Å². The predicted octanol–water partition coefficient (Wildman–Crippen LogP) is 2.83. The van der Waals surface area contributed by atoms with Crippen LogP contribution in [-0.4, -0.2) is 41.4 Å². The fourth-order valence-electron chi connectivity index (χ4n) is 2.83. The Bertz CT molecular complexity index is 622. The van der Waals surface area contributed by atoms with Gasteiger partial charge in [0.25, 0.3) is 0 Å². The summed E-state index contributed by atoms with van der Waals surface area (Å²) in [4.78, 5) is 37.8. The predicted molar refractivity (Wildman–Crippen MR) is 94.0 cm³/mol. The Morgan fingerprint density at radius 2 is 1.92 bits per heavy atom. The van der Waals surface area contributed by atoms with Crippen molar-refractivity contribution in [3.05, 3.63) is 35.9 Å². The Balaban J connectivity index is 1.92. The van der Waals surface area contributed by atoms with Crippen molar-refractivity contribution in [2.24, 2.45) is 0 Å². The smallest absolute Gasteiger partial charge is 0.407 e. The van der Waals surface area contributed by atoms with E-state index in [4.69, 9.17) is 4.74 Å². The zero-order valence-electron chi connectivity index (χ0n) is 15.1. The molecule has 1 N–H and O–H groups in total. The summed E-state index contributed by atoms with van der Waals surface area (Å²) in [5, 5.41) is 2.60. The van der Waals surface area contributed by atoms with Crippen LogP contribution in [0.5, 0.6) is 0 Å². The van der Waals surface area contributed by atoms with E-state index < -0.39 is 11.7 Å². The topological polar surface area (TPSA) is 75.7 Å².